The minimum atomic E-state index is -4.58. The van der Waals surface area contributed by atoms with Crippen LogP contribution in [0.25, 0.3) is 11.1 Å². The number of anilines is 1. The van der Waals surface area contributed by atoms with Gasteiger partial charge in [-0.3, -0.25) is 0 Å². The highest BCUT2D eigenvalue weighted by Gasteiger charge is 2.43. The number of rotatable bonds is 4. The third-order valence-corrected chi connectivity index (χ3v) is 3.90. The Bertz CT molecular complexity index is 878. The second kappa shape index (κ2) is 7.07. The van der Waals surface area contributed by atoms with E-state index in [0.717, 1.165) is 11.1 Å². The molecule has 134 valence electrons. The lowest BCUT2D eigenvalue weighted by Crippen LogP contribution is -2.26. The molecule has 0 amide bonds. The number of ether oxygens (including phenoxy) is 1. The van der Waals surface area contributed by atoms with Crippen LogP contribution in [-0.4, -0.2) is 11.2 Å². The first-order chi connectivity index (χ1) is 12.3. The Balaban J connectivity index is 1.91. The number of benzene rings is 2. The van der Waals surface area contributed by atoms with Crippen molar-refractivity contribution >= 4 is 5.69 Å². The molecular formula is C20H17F3N2O. The predicted octanol–water partition coefficient (Wildman–Crippen LogP) is 5.32. The van der Waals surface area contributed by atoms with Gasteiger partial charge >= 0.3 is 6.18 Å². The van der Waals surface area contributed by atoms with Gasteiger partial charge in [0.25, 0.3) is 0 Å². The zero-order valence-corrected chi connectivity index (χ0v) is 14.0. The van der Waals surface area contributed by atoms with Crippen LogP contribution in [0, 0.1) is 6.92 Å². The SMILES string of the molecule is Cc1cc(N)cnc1OC(c1ccc(-c2ccccc2)cc1)C(F)(F)F. The van der Waals surface area contributed by atoms with Gasteiger partial charge in [-0.2, -0.15) is 13.2 Å². The highest BCUT2D eigenvalue weighted by molar-refractivity contribution is 5.63. The molecule has 3 aromatic rings. The van der Waals surface area contributed by atoms with E-state index in [1.54, 1.807) is 19.1 Å². The zero-order valence-electron chi connectivity index (χ0n) is 14.0. The van der Waals surface area contributed by atoms with Crippen LogP contribution in [0.5, 0.6) is 5.88 Å². The van der Waals surface area contributed by atoms with Gasteiger partial charge < -0.3 is 10.5 Å². The van der Waals surface area contributed by atoms with Crippen molar-refractivity contribution in [2.75, 3.05) is 5.73 Å². The van der Waals surface area contributed by atoms with E-state index in [1.165, 1.54) is 24.4 Å². The van der Waals surface area contributed by atoms with Crippen molar-refractivity contribution in [1.29, 1.82) is 0 Å². The van der Waals surface area contributed by atoms with Gasteiger partial charge in [0.05, 0.1) is 11.9 Å². The Labute approximate surface area is 149 Å². The Morgan fingerprint density at radius 1 is 0.962 bits per heavy atom. The summed E-state index contributed by atoms with van der Waals surface area (Å²) in [5.41, 5.74) is 8.17. The van der Waals surface area contributed by atoms with Crippen molar-refractivity contribution in [3.8, 4) is 17.0 Å². The highest BCUT2D eigenvalue weighted by atomic mass is 19.4. The summed E-state index contributed by atoms with van der Waals surface area (Å²) in [6, 6.07) is 17.1. The number of alkyl halides is 3. The van der Waals surface area contributed by atoms with Crippen molar-refractivity contribution in [2.24, 2.45) is 0 Å². The molecular weight excluding hydrogens is 341 g/mol. The highest BCUT2D eigenvalue weighted by Crippen LogP contribution is 2.37. The fourth-order valence-electron chi connectivity index (χ4n) is 2.62. The van der Waals surface area contributed by atoms with Crippen LogP contribution in [-0.2, 0) is 0 Å². The molecule has 3 rings (SSSR count). The number of nitrogens with two attached hydrogens (primary N) is 1. The predicted molar refractivity (Wildman–Crippen MR) is 94.7 cm³/mol. The fraction of sp³-hybridized carbons (Fsp3) is 0.150. The number of nitrogens with zero attached hydrogens (tertiary/aromatic N) is 1. The molecule has 3 nitrogen and oxygen atoms in total. The summed E-state index contributed by atoms with van der Waals surface area (Å²) in [5, 5.41) is 0. The summed E-state index contributed by atoms with van der Waals surface area (Å²) < 4.78 is 45.8. The average Bonchev–Trinajstić information content (AvgIpc) is 2.61. The van der Waals surface area contributed by atoms with Gasteiger partial charge in [-0.25, -0.2) is 4.98 Å². The van der Waals surface area contributed by atoms with E-state index in [1.807, 2.05) is 30.3 Å². The van der Waals surface area contributed by atoms with Gasteiger partial charge in [-0.05, 0) is 24.1 Å². The lowest BCUT2D eigenvalue weighted by molar-refractivity contribution is -0.198. The van der Waals surface area contributed by atoms with Gasteiger partial charge in [0.2, 0.25) is 12.0 Å². The summed E-state index contributed by atoms with van der Waals surface area (Å²) >= 11 is 0. The number of aryl methyl sites for hydroxylation is 1. The molecule has 0 bridgehead atoms. The minimum Gasteiger partial charge on any atom is -0.460 e. The lowest BCUT2D eigenvalue weighted by atomic mass is 10.0. The summed E-state index contributed by atoms with van der Waals surface area (Å²) in [4.78, 5) is 3.87. The first-order valence-corrected chi connectivity index (χ1v) is 7.95. The van der Waals surface area contributed by atoms with E-state index in [4.69, 9.17) is 10.5 Å². The van der Waals surface area contributed by atoms with Crippen LogP contribution in [0.3, 0.4) is 0 Å². The molecule has 2 aromatic carbocycles. The maximum absolute atomic E-state index is 13.5. The van der Waals surface area contributed by atoms with Crippen LogP contribution in [0.2, 0.25) is 0 Å². The molecule has 0 aliphatic rings. The summed E-state index contributed by atoms with van der Waals surface area (Å²) in [6.07, 6.45) is -5.42. The third-order valence-electron chi connectivity index (χ3n) is 3.90. The van der Waals surface area contributed by atoms with Crippen molar-refractivity contribution in [2.45, 2.75) is 19.2 Å². The van der Waals surface area contributed by atoms with Crippen LogP contribution >= 0.6 is 0 Å². The molecule has 1 unspecified atom stereocenters. The minimum absolute atomic E-state index is 0.00945. The smallest absolute Gasteiger partial charge is 0.429 e. The summed E-state index contributed by atoms with van der Waals surface area (Å²) in [7, 11) is 0. The molecule has 1 atom stereocenters. The lowest BCUT2D eigenvalue weighted by Gasteiger charge is -2.22. The number of hydrogen-bond donors (Lipinski definition) is 1. The maximum Gasteiger partial charge on any atom is 0.429 e. The van der Waals surface area contributed by atoms with Crippen LogP contribution < -0.4 is 10.5 Å². The number of halogens is 3. The normalized spacial score (nSPS) is 12.6. The van der Waals surface area contributed by atoms with Crippen LogP contribution in [0.1, 0.15) is 17.2 Å². The van der Waals surface area contributed by atoms with Gasteiger partial charge in [0.1, 0.15) is 0 Å². The molecule has 6 heteroatoms. The molecule has 0 fully saturated rings. The Morgan fingerprint density at radius 2 is 1.58 bits per heavy atom. The third kappa shape index (κ3) is 3.96. The molecule has 26 heavy (non-hydrogen) atoms. The van der Waals surface area contributed by atoms with E-state index in [0.29, 0.717) is 11.3 Å². The van der Waals surface area contributed by atoms with Gasteiger partial charge in [0, 0.05) is 11.1 Å². The Kier molecular flexibility index (Phi) is 4.84. The molecule has 0 saturated heterocycles. The van der Waals surface area contributed by atoms with Crippen LogP contribution in [0.4, 0.5) is 18.9 Å². The second-order valence-corrected chi connectivity index (χ2v) is 5.92. The van der Waals surface area contributed by atoms with E-state index < -0.39 is 12.3 Å². The fourth-order valence-corrected chi connectivity index (χ4v) is 2.62. The number of aromatic nitrogens is 1. The monoisotopic (exact) mass is 358 g/mol. The molecule has 0 aliphatic carbocycles. The van der Waals surface area contributed by atoms with Crippen molar-refractivity contribution in [3.63, 3.8) is 0 Å². The van der Waals surface area contributed by atoms with E-state index in [9.17, 15) is 13.2 Å². The molecule has 1 heterocycles. The number of nitrogen functional groups attached to an aromatic ring is 1. The van der Waals surface area contributed by atoms with E-state index >= 15 is 0 Å². The van der Waals surface area contributed by atoms with Crippen molar-refractivity contribution in [3.05, 3.63) is 78.0 Å². The molecule has 0 spiro atoms. The molecule has 1 aromatic heterocycles. The topological polar surface area (TPSA) is 48.1 Å². The summed E-state index contributed by atoms with van der Waals surface area (Å²) in [5.74, 6) is -0.0892. The zero-order chi connectivity index (χ0) is 18.7. The molecule has 0 radical (unpaired) electrons. The molecule has 0 aliphatic heterocycles. The van der Waals surface area contributed by atoms with Gasteiger partial charge in [0.15, 0.2) is 0 Å². The first-order valence-electron chi connectivity index (χ1n) is 7.95. The standard InChI is InChI=1S/C20H17F3N2O/c1-13-11-17(24)12-25-19(13)26-18(20(21,22)23)16-9-7-15(8-10-16)14-5-3-2-4-6-14/h2-12,18H,24H2,1H3. The maximum atomic E-state index is 13.5. The first kappa shape index (κ1) is 17.8. The van der Waals surface area contributed by atoms with Crippen molar-refractivity contribution < 1.29 is 17.9 Å². The van der Waals surface area contributed by atoms with E-state index in [-0.39, 0.29) is 11.4 Å². The second-order valence-electron chi connectivity index (χ2n) is 5.92. The Morgan fingerprint density at radius 3 is 2.15 bits per heavy atom. The molecule has 0 saturated carbocycles. The number of pyridine rings is 1. The van der Waals surface area contributed by atoms with Gasteiger partial charge in [-0.15, -0.1) is 0 Å². The summed E-state index contributed by atoms with van der Waals surface area (Å²) in [6.45, 7) is 1.60. The molecule has 2 N–H and O–H groups in total. The van der Waals surface area contributed by atoms with Crippen molar-refractivity contribution in [1.82, 2.24) is 4.98 Å². The van der Waals surface area contributed by atoms with Crippen LogP contribution in [0.15, 0.2) is 66.9 Å². The largest absolute Gasteiger partial charge is 0.460 e. The van der Waals surface area contributed by atoms with Gasteiger partial charge in [-0.1, -0.05) is 54.6 Å². The Hall–Kier alpha value is -3.02. The number of hydrogen-bond acceptors (Lipinski definition) is 3. The van der Waals surface area contributed by atoms with E-state index in [2.05, 4.69) is 4.98 Å². The quantitative estimate of drug-likeness (QED) is 0.686. The average molecular weight is 358 g/mol.